The lowest BCUT2D eigenvalue weighted by molar-refractivity contribution is 0.649. The van der Waals surface area contributed by atoms with Crippen molar-refractivity contribution in [1.29, 1.82) is 0 Å². The van der Waals surface area contributed by atoms with Crippen LogP contribution in [0.25, 0.3) is 0 Å². The maximum absolute atomic E-state index is 13.3. The third kappa shape index (κ3) is 3.44. The summed E-state index contributed by atoms with van der Waals surface area (Å²) in [6.07, 6.45) is 1.19. The van der Waals surface area contributed by atoms with Crippen molar-refractivity contribution in [3.8, 4) is 0 Å². The molecule has 3 heteroatoms. The molecule has 0 fully saturated rings. The zero-order valence-electron chi connectivity index (χ0n) is 8.79. The summed E-state index contributed by atoms with van der Waals surface area (Å²) < 4.78 is 25.0. The molecule has 0 heterocycles. The molecule has 0 radical (unpaired) electrons. The van der Waals surface area contributed by atoms with E-state index in [0.29, 0.717) is 10.5 Å². The normalized spacial score (nSPS) is 13.7. The van der Waals surface area contributed by atoms with E-state index < -0.39 is 16.0 Å². The first kappa shape index (κ1) is 11.9. The molecule has 1 atom stereocenters. The Balaban J connectivity index is 2.95. The molecule has 0 saturated carbocycles. The van der Waals surface area contributed by atoms with Gasteiger partial charge in [0.05, 0.1) is 0 Å². The van der Waals surface area contributed by atoms with Crippen LogP contribution < -0.4 is 0 Å². The fourth-order valence-electron chi connectivity index (χ4n) is 1.02. The van der Waals surface area contributed by atoms with Crippen LogP contribution in [0, 0.1) is 6.92 Å². The Morgan fingerprint density at radius 3 is 2.40 bits per heavy atom. The van der Waals surface area contributed by atoms with Crippen LogP contribution in [0.2, 0.25) is 0 Å². The fraction of sp³-hybridized carbons (Fsp3) is 0.167. The number of aryl methyl sites for hydroxylation is 1. The molecule has 80 valence electrons. The molecular weight excluding hydrogens is 211 g/mol. The first-order chi connectivity index (χ1) is 7.00. The van der Waals surface area contributed by atoms with Gasteiger partial charge in [-0.05, 0) is 32.1 Å². The lowest BCUT2D eigenvalue weighted by Gasteiger charge is -2.00. The molecule has 0 aliphatic rings. The Bertz CT molecular complexity index is 418. The van der Waals surface area contributed by atoms with Gasteiger partial charge in [-0.25, -0.2) is 4.21 Å². The van der Waals surface area contributed by atoms with E-state index in [0.717, 1.165) is 5.56 Å². The predicted octanol–water partition coefficient (Wildman–Crippen LogP) is 3.49. The van der Waals surface area contributed by atoms with E-state index in [1.165, 1.54) is 6.08 Å². The quantitative estimate of drug-likeness (QED) is 0.718. The minimum Gasteiger partial charge on any atom is -0.247 e. The topological polar surface area (TPSA) is 17.1 Å². The number of rotatable bonds is 3. The lowest BCUT2D eigenvalue weighted by atomic mass is 10.2. The molecule has 1 aromatic rings. The second-order valence-corrected chi connectivity index (χ2v) is 4.78. The van der Waals surface area contributed by atoms with E-state index in [1.54, 1.807) is 31.2 Å². The van der Waals surface area contributed by atoms with Crippen molar-refractivity contribution in [1.82, 2.24) is 0 Å². The van der Waals surface area contributed by atoms with Gasteiger partial charge in [-0.2, -0.15) is 4.39 Å². The average Bonchev–Trinajstić information content (AvgIpc) is 2.17. The second kappa shape index (κ2) is 5.03. The van der Waals surface area contributed by atoms with E-state index in [-0.39, 0.29) is 0 Å². The Hall–Kier alpha value is -1.22. The Kier molecular flexibility index (Phi) is 3.97. The molecule has 0 aliphatic heterocycles. The first-order valence-electron chi connectivity index (χ1n) is 4.52. The highest BCUT2D eigenvalue weighted by Gasteiger charge is 2.08. The van der Waals surface area contributed by atoms with Crippen molar-refractivity contribution in [3.63, 3.8) is 0 Å². The summed E-state index contributed by atoms with van der Waals surface area (Å²) >= 11 is 0. The summed E-state index contributed by atoms with van der Waals surface area (Å²) in [5.74, 6) is 0. The standard InChI is InChI=1S/C12H13FOS/c1-9(2)8-12(13)15(14)11-6-4-10(3)5-7-11/h4-8H,1H2,2-3H3/b12-8+. The molecule has 1 rings (SSSR count). The molecule has 1 nitrogen and oxygen atoms in total. The van der Waals surface area contributed by atoms with Gasteiger partial charge in [0, 0.05) is 4.90 Å². The SMILES string of the molecule is C=C(C)/C=C(\F)S(=O)c1ccc(C)cc1. The van der Waals surface area contributed by atoms with Gasteiger partial charge in [0.25, 0.3) is 0 Å². The van der Waals surface area contributed by atoms with Gasteiger partial charge < -0.3 is 0 Å². The van der Waals surface area contributed by atoms with E-state index in [1.807, 2.05) is 6.92 Å². The number of benzene rings is 1. The second-order valence-electron chi connectivity index (χ2n) is 3.38. The van der Waals surface area contributed by atoms with Gasteiger partial charge >= 0.3 is 0 Å². The minimum atomic E-state index is -1.72. The van der Waals surface area contributed by atoms with E-state index in [9.17, 15) is 8.60 Å². The number of hydrogen-bond donors (Lipinski definition) is 0. The van der Waals surface area contributed by atoms with Crippen LogP contribution in [0.3, 0.4) is 0 Å². The van der Waals surface area contributed by atoms with Gasteiger partial charge in [0.15, 0.2) is 5.16 Å². The lowest BCUT2D eigenvalue weighted by Crippen LogP contribution is -1.92. The van der Waals surface area contributed by atoms with Crippen LogP contribution in [0.1, 0.15) is 12.5 Å². The Morgan fingerprint density at radius 1 is 1.40 bits per heavy atom. The van der Waals surface area contributed by atoms with Crippen LogP contribution in [-0.4, -0.2) is 4.21 Å². The Morgan fingerprint density at radius 2 is 1.93 bits per heavy atom. The van der Waals surface area contributed by atoms with Crippen molar-refractivity contribution in [2.45, 2.75) is 18.7 Å². The third-order valence-corrected chi connectivity index (χ3v) is 2.94. The molecule has 0 bridgehead atoms. The molecule has 0 spiro atoms. The van der Waals surface area contributed by atoms with Gasteiger partial charge in [-0.15, -0.1) is 0 Å². The molecular formula is C12H13FOS. The van der Waals surface area contributed by atoms with E-state index in [2.05, 4.69) is 6.58 Å². The molecule has 1 unspecified atom stereocenters. The molecule has 0 N–H and O–H groups in total. The predicted molar refractivity (Wildman–Crippen MR) is 61.6 cm³/mol. The van der Waals surface area contributed by atoms with Crippen LogP contribution in [0.15, 0.2) is 52.5 Å². The number of allylic oxidation sites excluding steroid dienone is 2. The highest BCUT2D eigenvalue weighted by molar-refractivity contribution is 7.88. The van der Waals surface area contributed by atoms with Crippen LogP contribution in [-0.2, 0) is 10.8 Å². The third-order valence-electron chi connectivity index (χ3n) is 1.77. The monoisotopic (exact) mass is 224 g/mol. The van der Waals surface area contributed by atoms with Gasteiger partial charge in [-0.1, -0.05) is 29.8 Å². The highest BCUT2D eigenvalue weighted by atomic mass is 32.2. The van der Waals surface area contributed by atoms with Crippen LogP contribution in [0.4, 0.5) is 4.39 Å². The summed E-state index contributed by atoms with van der Waals surface area (Å²) in [7, 11) is -1.72. The molecule has 1 aromatic carbocycles. The molecule has 0 aromatic heterocycles. The first-order valence-corrected chi connectivity index (χ1v) is 5.67. The van der Waals surface area contributed by atoms with Gasteiger partial charge in [-0.3, -0.25) is 0 Å². The zero-order chi connectivity index (χ0) is 11.4. The van der Waals surface area contributed by atoms with Crippen LogP contribution in [0.5, 0.6) is 0 Å². The van der Waals surface area contributed by atoms with Crippen LogP contribution >= 0.6 is 0 Å². The maximum Gasteiger partial charge on any atom is 0.191 e. The Labute approximate surface area is 91.8 Å². The van der Waals surface area contributed by atoms with Gasteiger partial charge in [0.2, 0.25) is 0 Å². The zero-order valence-corrected chi connectivity index (χ0v) is 9.60. The smallest absolute Gasteiger partial charge is 0.191 e. The van der Waals surface area contributed by atoms with Crippen molar-refractivity contribution in [2.24, 2.45) is 0 Å². The van der Waals surface area contributed by atoms with Crippen molar-refractivity contribution in [3.05, 3.63) is 53.2 Å². The van der Waals surface area contributed by atoms with Crippen molar-refractivity contribution < 1.29 is 8.60 Å². The minimum absolute atomic E-state index is 0.468. The highest BCUT2D eigenvalue weighted by Crippen LogP contribution is 2.17. The van der Waals surface area contributed by atoms with Gasteiger partial charge in [0.1, 0.15) is 10.8 Å². The van der Waals surface area contributed by atoms with Crippen molar-refractivity contribution in [2.75, 3.05) is 0 Å². The summed E-state index contributed by atoms with van der Waals surface area (Å²) in [5.41, 5.74) is 1.60. The number of hydrogen-bond acceptors (Lipinski definition) is 1. The summed E-state index contributed by atoms with van der Waals surface area (Å²) in [4.78, 5) is 0.468. The largest absolute Gasteiger partial charge is 0.247 e. The summed E-state index contributed by atoms with van der Waals surface area (Å²) in [6, 6.07) is 6.94. The average molecular weight is 224 g/mol. The van der Waals surface area contributed by atoms with Crippen molar-refractivity contribution >= 4 is 10.8 Å². The maximum atomic E-state index is 13.3. The van der Waals surface area contributed by atoms with E-state index >= 15 is 0 Å². The molecule has 0 aliphatic carbocycles. The molecule has 0 amide bonds. The van der Waals surface area contributed by atoms with E-state index in [4.69, 9.17) is 0 Å². The summed E-state index contributed by atoms with van der Waals surface area (Å²) in [6.45, 7) is 7.12. The fourth-order valence-corrected chi connectivity index (χ4v) is 1.94. The molecule has 0 saturated heterocycles. The molecule has 15 heavy (non-hydrogen) atoms. The number of halogens is 1. The summed E-state index contributed by atoms with van der Waals surface area (Å²) in [5, 5.41) is -0.661.